The third-order valence-corrected chi connectivity index (χ3v) is 4.15. The van der Waals surface area contributed by atoms with E-state index in [4.69, 9.17) is 17.3 Å². The van der Waals surface area contributed by atoms with Crippen molar-refractivity contribution in [2.45, 2.75) is 32.2 Å². The van der Waals surface area contributed by atoms with Gasteiger partial charge in [-0.2, -0.15) is 0 Å². The predicted molar refractivity (Wildman–Crippen MR) is 77.8 cm³/mol. The summed E-state index contributed by atoms with van der Waals surface area (Å²) in [5, 5.41) is 0.789. The molecule has 1 aliphatic rings. The molecule has 0 radical (unpaired) electrons. The third-order valence-electron chi connectivity index (χ3n) is 3.80. The van der Waals surface area contributed by atoms with Crippen molar-refractivity contribution in [2.75, 3.05) is 19.6 Å². The van der Waals surface area contributed by atoms with Gasteiger partial charge in [0.05, 0.1) is 0 Å². The molecule has 0 bridgehead atoms. The molecule has 0 aromatic heterocycles. The first-order chi connectivity index (χ1) is 8.66. The van der Waals surface area contributed by atoms with Gasteiger partial charge in [0, 0.05) is 17.6 Å². The second-order valence-electron chi connectivity index (χ2n) is 5.46. The van der Waals surface area contributed by atoms with Crippen LogP contribution in [0.15, 0.2) is 24.3 Å². The minimum absolute atomic E-state index is 0.0518. The molecule has 18 heavy (non-hydrogen) atoms. The van der Waals surface area contributed by atoms with Crippen LogP contribution in [0.1, 0.15) is 37.8 Å². The van der Waals surface area contributed by atoms with Crippen molar-refractivity contribution in [3.8, 4) is 0 Å². The summed E-state index contributed by atoms with van der Waals surface area (Å²) < 4.78 is 0. The van der Waals surface area contributed by atoms with E-state index < -0.39 is 0 Å². The Bertz CT molecular complexity index is 381. The molecule has 0 spiro atoms. The van der Waals surface area contributed by atoms with E-state index in [-0.39, 0.29) is 6.04 Å². The first kappa shape index (κ1) is 13.9. The lowest BCUT2D eigenvalue weighted by molar-refractivity contribution is 0.178. The van der Waals surface area contributed by atoms with E-state index in [1.54, 1.807) is 0 Å². The lowest BCUT2D eigenvalue weighted by atomic mass is 9.99. The summed E-state index contributed by atoms with van der Waals surface area (Å²) in [6.07, 6.45) is 3.67. The summed E-state index contributed by atoms with van der Waals surface area (Å²) in [7, 11) is 0. The molecule has 1 aromatic rings. The van der Waals surface area contributed by atoms with Crippen LogP contribution >= 0.6 is 11.6 Å². The maximum absolute atomic E-state index is 6.24. The third kappa shape index (κ3) is 3.71. The molecule has 1 fully saturated rings. The predicted octanol–water partition coefficient (Wildman–Crippen LogP) is 3.46. The second kappa shape index (κ2) is 6.55. The molecule has 2 rings (SSSR count). The van der Waals surface area contributed by atoms with Crippen molar-refractivity contribution < 1.29 is 0 Å². The van der Waals surface area contributed by atoms with Crippen molar-refractivity contribution in [1.29, 1.82) is 0 Å². The zero-order chi connectivity index (χ0) is 13.0. The topological polar surface area (TPSA) is 29.3 Å². The lowest BCUT2D eigenvalue weighted by Crippen LogP contribution is -2.36. The largest absolute Gasteiger partial charge is 0.324 e. The number of likely N-dealkylation sites (tertiary alicyclic amines) is 1. The fourth-order valence-corrected chi connectivity index (χ4v) is 3.02. The Kier molecular flexibility index (Phi) is 5.04. The number of hydrogen-bond donors (Lipinski definition) is 1. The molecule has 100 valence electrons. The molecule has 2 nitrogen and oxygen atoms in total. The molecule has 3 heteroatoms. The van der Waals surface area contributed by atoms with Crippen LogP contribution in [0, 0.1) is 5.92 Å². The average molecular weight is 267 g/mol. The fraction of sp³-hybridized carbons (Fsp3) is 0.600. The Labute approximate surface area is 115 Å². The Morgan fingerprint density at radius 1 is 1.44 bits per heavy atom. The fourth-order valence-electron chi connectivity index (χ4n) is 2.74. The van der Waals surface area contributed by atoms with Gasteiger partial charge < -0.3 is 10.6 Å². The molecule has 0 saturated carbocycles. The van der Waals surface area contributed by atoms with Crippen LogP contribution < -0.4 is 5.73 Å². The van der Waals surface area contributed by atoms with Gasteiger partial charge in [0.25, 0.3) is 0 Å². The van der Waals surface area contributed by atoms with Crippen LogP contribution in [0.4, 0.5) is 0 Å². The smallest absolute Gasteiger partial charge is 0.0453 e. The molecule has 1 aliphatic heterocycles. The maximum Gasteiger partial charge on any atom is 0.0453 e. The second-order valence-corrected chi connectivity index (χ2v) is 5.87. The van der Waals surface area contributed by atoms with E-state index in [9.17, 15) is 0 Å². The first-order valence-electron chi connectivity index (χ1n) is 6.89. The van der Waals surface area contributed by atoms with Crippen LogP contribution in [0.5, 0.6) is 0 Å². The molecule has 0 amide bonds. The van der Waals surface area contributed by atoms with Crippen molar-refractivity contribution in [2.24, 2.45) is 11.7 Å². The van der Waals surface area contributed by atoms with Crippen molar-refractivity contribution >= 4 is 11.6 Å². The van der Waals surface area contributed by atoms with E-state index in [1.807, 2.05) is 24.3 Å². The van der Waals surface area contributed by atoms with Crippen LogP contribution in [0.2, 0.25) is 5.02 Å². The Hall–Kier alpha value is -0.570. The minimum Gasteiger partial charge on any atom is -0.324 e. The molecule has 1 heterocycles. The Morgan fingerprint density at radius 2 is 2.22 bits per heavy atom. The summed E-state index contributed by atoms with van der Waals surface area (Å²) >= 11 is 6.17. The summed E-state index contributed by atoms with van der Waals surface area (Å²) in [4.78, 5) is 2.53. The monoisotopic (exact) mass is 266 g/mol. The lowest BCUT2D eigenvalue weighted by Gasteiger charge is -2.31. The van der Waals surface area contributed by atoms with Gasteiger partial charge in [-0.3, -0.25) is 0 Å². The zero-order valence-electron chi connectivity index (χ0n) is 11.1. The van der Waals surface area contributed by atoms with Crippen LogP contribution in [-0.4, -0.2) is 24.5 Å². The molecular formula is C15H23ClN2. The highest BCUT2D eigenvalue weighted by atomic mass is 35.5. The van der Waals surface area contributed by atoms with Crippen LogP contribution in [0.3, 0.4) is 0 Å². The number of benzene rings is 1. The van der Waals surface area contributed by atoms with Gasteiger partial charge in [0.2, 0.25) is 0 Å². The molecule has 1 saturated heterocycles. The Balaban J connectivity index is 1.84. The number of piperidine rings is 1. The normalized spacial score (nSPS) is 22.9. The summed E-state index contributed by atoms with van der Waals surface area (Å²) in [6.45, 7) is 5.85. The molecular weight excluding hydrogens is 244 g/mol. The molecule has 2 atom stereocenters. The quantitative estimate of drug-likeness (QED) is 0.904. The van der Waals surface area contributed by atoms with E-state index in [1.165, 1.54) is 25.9 Å². The summed E-state index contributed by atoms with van der Waals surface area (Å²) in [5.41, 5.74) is 7.31. The van der Waals surface area contributed by atoms with Crippen molar-refractivity contribution in [3.63, 3.8) is 0 Å². The SMILES string of the molecule is CC1CCCN(CCC(N)c2ccccc2Cl)C1. The van der Waals surface area contributed by atoms with Gasteiger partial charge in [0.1, 0.15) is 0 Å². The van der Waals surface area contributed by atoms with Gasteiger partial charge in [-0.15, -0.1) is 0 Å². The number of nitrogens with two attached hydrogens (primary N) is 1. The van der Waals surface area contributed by atoms with E-state index in [0.29, 0.717) is 0 Å². The van der Waals surface area contributed by atoms with E-state index in [0.717, 1.165) is 29.5 Å². The van der Waals surface area contributed by atoms with Gasteiger partial charge >= 0.3 is 0 Å². The standard InChI is InChI=1S/C15H23ClN2/c1-12-5-4-9-18(11-12)10-8-15(17)13-6-2-3-7-14(13)16/h2-3,6-7,12,15H,4-5,8-11,17H2,1H3. The van der Waals surface area contributed by atoms with E-state index in [2.05, 4.69) is 11.8 Å². The van der Waals surface area contributed by atoms with Gasteiger partial charge in [-0.25, -0.2) is 0 Å². The van der Waals surface area contributed by atoms with Crippen LogP contribution in [-0.2, 0) is 0 Å². The Morgan fingerprint density at radius 3 is 2.94 bits per heavy atom. The molecule has 2 N–H and O–H groups in total. The van der Waals surface area contributed by atoms with Crippen molar-refractivity contribution in [1.82, 2.24) is 4.90 Å². The van der Waals surface area contributed by atoms with Crippen molar-refractivity contribution in [3.05, 3.63) is 34.9 Å². The number of nitrogens with zero attached hydrogens (tertiary/aromatic N) is 1. The zero-order valence-corrected chi connectivity index (χ0v) is 11.9. The number of halogens is 1. The highest BCUT2D eigenvalue weighted by molar-refractivity contribution is 6.31. The average Bonchev–Trinajstić information content (AvgIpc) is 2.37. The minimum atomic E-state index is 0.0518. The summed E-state index contributed by atoms with van der Waals surface area (Å²) in [6, 6.07) is 7.96. The molecule has 0 aliphatic carbocycles. The maximum atomic E-state index is 6.24. The van der Waals surface area contributed by atoms with E-state index >= 15 is 0 Å². The number of hydrogen-bond acceptors (Lipinski definition) is 2. The molecule has 2 unspecified atom stereocenters. The summed E-state index contributed by atoms with van der Waals surface area (Å²) in [5.74, 6) is 0.829. The van der Waals surface area contributed by atoms with Gasteiger partial charge in [-0.1, -0.05) is 36.7 Å². The first-order valence-corrected chi connectivity index (χ1v) is 7.27. The highest BCUT2D eigenvalue weighted by Gasteiger charge is 2.17. The molecule has 1 aromatic carbocycles. The van der Waals surface area contributed by atoms with Gasteiger partial charge in [0.15, 0.2) is 0 Å². The number of rotatable bonds is 4. The van der Waals surface area contributed by atoms with Crippen LogP contribution in [0.25, 0.3) is 0 Å². The van der Waals surface area contributed by atoms with Gasteiger partial charge in [-0.05, 0) is 49.9 Å². The highest BCUT2D eigenvalue weighted by Crippen LogP contribution is 2.24.